The van der Waals surface area contributed by atoms with Crippen molar-refractivity contribution >= 4 is 5.65 Å². The lowest BCUT2D eigenvalue weighted by Gasteiger charge is -1.98. The van der Waals surface area contributed by atoms with Crippen molar-refractivity contribution in [2.75, 3.05) is 0 Å². The smallest absolute Gasteiger partial charge is 0.139 e. The van der Waals surface area contributed by atoms with Crippen LogP contribution in [0.4, 0.5) is 0 Å². The Morgan fingerprint density at radius 1 is 1.21 bits per heavy atom. The van der Waals surface area contributed by atoms with E-state index in [-0.39, 0.29) is 0 Å². The number of nitrogens with zero attached hydrogens (tertiary/aromatic N) is 2. The van der Waals surface area contributed by atoms with Gasteiger partial charge in [-0.1, -0.05) is 19.9 Å². The molecule has 0 unspecified atom stereocenters. The van der Waals surface area contributed by atoms with Crippen LogP contribution in [0.15, 0.2) is 18.5 Å². The largest absolute Gasteiger partial charge is 0.306 e. The Morgan fingerprint density at radius 2 is 1.93 bits per heavy atom. The molecule has 0 N–H and O–H groups in total. The average molecular weight is 188 g/mol. The highest BCUT2D eigenvalue weighted by atomic mass is 15.0. The molecular formula is C12H16N2. The summed E-state index contributed by atoms with van der Waals surface area (Å²) >= 11 is 0. The molecule has 14 heavy (non-hydrogen) atoms. The van der Waals surface area contributed by atoms with Crippen molar-refractivity contribution in [2.24, 2.45) is 0 Å². The first kappa shape index (κ1) is 9.25. The van der Waals surface area contributed by atoms with Gasteiger partial charge in [0.15, 0.2) is 0 Å². The van der Waals surface area contributed by atoms with E-state index in [1.807, 2.05) is 0 Å². The van der Waals surface area contributed by atoms with Crippen LogP contribution < -0.4 is 0 Å². The Bertz CT molecular complexity index is 466. The number of imidazole rings is 1. The van der Waals surface area contributed by atoms with Crippen LogP contribution in [0.3, 0.4) is 0 Å². The summed E-state index contributed by atoms with van der Waals surface area (Å²) in [6, 6.07) is 2.17. The number of aryl methyl sites for hydroxylation is 2. The van der Waals surface area contributed by atoms with E-state index >= 15 is 0 Å². The van der Waals surface area contributed by atoms with Crippen molar-refractivity contribution in [3.8, 4) is 0 Å². The fourth-order valence-electron chi connectivity index (χ4n) is 1.74. The van der Waals surface area contributed by atoms with Gasteiger partial charge >= 0.3 is 0 Å². The minimum absolute atomic E-state index is 0.495. The molecule has 74 valence electrons. The Kier molecular flexibility index (Phi) is 2.06. The predicted molar refractivity (Wildman–Crippen MR) is 58.8 cm³/mol. The molecule has 2 heterocycles. The van der Waals surface area contributed by atoms with Gasteiger partial charge in [0.2, 0.25) is 0 Å². The Balaban J connectivity index is 2.70. The van der Waals surface area contributed by atoms with Crippen LogP contribution >= 0.6 is 0 Å². The van der Waals surface area contributed by atoms with Crippen LogP contribution in [0.5, 0.6) is 0 Å². The lowest BCUT2D eigenvalue weighted by molar-refractivity contribution is 0.834. The van der Waals surface area contributed by atoms with E-state index in [0.717, 1.165) is 5.65 Å². The maximum atomic E-state index is 4.62. The van der Waals surface area contributed by atoms with Crippen LogP contribution in [0.25, 0.3) is 5.65 Å². The molecule has 0 fully saturated rings. The molecule has 0 spiro atoms. The van der Waals surface area contributed by atoms with Gasteiger partial charge in [0.1, 0.15) is 5.65 Å². The van der Waals surface area contributed by atoms with E-state index in [1.165, 1.54) is 16.8 Å². The lowest BCUT2D eigenvalue weighted by Crippen LogP contribution is -1.88. The third-order valence-corrected chi connectivity index (χ3v) is 2.48. The van der Waals surface area contributed by atoms with E-state index < -0.39 is 0 Å². The molecule has 2 aromatic rings. The summed E-state index contributed by atoms with van der Waals surface area (Å²) in [7, 11) is 0. The summed E-state index contributed by atoms with van der Waals surface area (Å²) in [5.74, 6) is 0.495. The van der Waals surface area contributed by atoms with Gasteiger partial charge < -0.3 is 4.40 Å². The minimum Gasteiger partial charge on any atom is -0.306 e. The minimum atomic E-state index is 0.495. The van der Waals surface area contributed by atoms with Gasteiger partial charge in [-0.3, -0.25) is 0 Å². The molecule has 0 aliphatic rings. The molecule has 2 heteroatoms. The van der Waals surface area contributed by atoms with Crippen LogP contribution in [0.2, 0.25) is 0 Å². The fraction of sp³-hybridized carbons (Fsp3) is 0.417. The molecule has 0 aliphatic heterocycles. The van der Waals surface area contributed by atoms with Crippen molar-refractivity contribution in [1.29, 1.82) is 0 Å². The number of hydrogen-bond donors (Lipinski definition) is 0. The molecule has 0 saturated carbocycles. The van der Waals surface area contributed by atoms with E-state index in [9.17, 15) is 0 Å². The first-order valence-electron chi connectivity index (χ1n) is 5.04. The summed E-state index contributed by atoms with van der Waals surface area (Å²) < 4.78 is 2.12. The fourth-order valence-corrected chi connectivity index (χ4v) is 1.74. The Labute approximate surface area is 84.6 Å². The summed E-state index contributed by atoms with van der Waals surface area (Å²) in [6.07, 6.45) is 4.25. The number of pyridine rings is 1. The van der Waals surface area contributed by atoms with Crippen LogP contribution in [0.1, 0.15) is 36.6 Å². The first-order chi connectivity index (χ1) is 6.58. The molecule has 0 aliphatic carbocycles. The van der Waals surface area contributed by atoms with Crippen LogP contribution in [-0.2, 0) is 0 Å². The van der Waals surface area contributed by atoms with E-state index in [2.05, 4.69) is 55.5 Å². The van der Waals surface area contributed by atoms with Crippen molar-refractivity contribution in [3.63, 3.8) is 0 Å². The van der Waals surface area contributed by atoms with Gasteiger partial charge in [-0.25, -0.2) is 4.98 Å². The van der Waals surface area contributed by atoms with Gasteiger partial charge in [-0.2, -0.15) is 0 Å². The molecule has 2 nitrogen and oxygen atoms in total. The molecule has 0 amide bonds. The summed E-state index contributed by atoms with van der Waals surface area (Å²) in [5.41, 5.74) is 4.78. The molecule has 2 rings (SSSR count). The molecule has 0 radical (unpaired) electrons. The predicted octanol–water partition coefficient (Wildman–Crippen LogP) is 3.07. The van der Waals surface area contributed by atoms with Gasteiger partial charge in [0, 0.05) is 12.4 Å². The second-order valence-corrected chi connectivity index (χ2v) is 4.25. The second kappa shape index (κ2) is 3.12. The third-order valence-electron chi connectivity index (χ3n) is 2.48. The number of aromatic nitrogens is 2. The zero-order valence-corrected chi connectivity index (χ0v) is 9.20. The molecule has 0 aromatic carbocycles. The standard InChI is InChI=1S/C12H16N2/c1-8(2)11-7-14-6-9(3)5-10(4)12(14)13-11/h5-8H,1-4H3. The average Bonchev–Trinajstić information content (AvgIpc) is 2.47. The zero-order valence-electron chi connectivity index (χ0n) is 9.20. The van der Waals surface area contributed by atoms with Crippen molar-refractivity contribution in [2.45, 2.75) is 33.6 Å². The zero-order chi connectivity index (χ0) is 10.3. The lowest BCUT2D eigenvalue weighted by atomic mass is 10.2. The molecule has 0 saturated heterocycles. The van der Waals surface area contributed by atoms with Crippen molar-refractivity contribution < 1.29 is 0 Å². The quantitative estimate of drug-likeness (QED) is 0.672. The summed E-state index contributed by atoms with van der Waals surface area (Å²) in [5, 5.41) is 0. The molecule has 0 atom stereocenters. The number of rotatable bonds is 1. The van der Waals surface area contributed by atoms with Crippen molar-refractivity contribution in [1.82, 2.24) is 9.38 Å². The second-order valence-electron chi connectivity index (χ2n) is 4.25. The Hall–Kier alpha value is -1.31. The highest BCUT2D eigenvalue weighted by Crippen LogP contribution is 2.17. The summed E-state index contributed by atoms with van der Waals surface area (Å²) in [6.45, 7) is 8.56. The van der Waals surface area contributed by atoms with Crippen molar-refractivity contribution in [3.05, 3.63) is 35.3 Å². The van der Waals surface area contributed by atoms with Gasteiger partial charge in [-0.15, -0.1) is 0 Å². The maximum Gasteiger partial charge on any atom is 0.139 e. The number of hydrogen-bond acceptors (Lipinski definition) is 1. The SMILES string of the molecule is Cc1cc(C)c2nc(C(C)C)cn2c1. The number of fused-ring (bicyclic) bond motifs is 1. The summed E-state index contributed by atoms with van der Waals surface area (Å²) in [4.78, 5) is 4.62. The topological polar surface area (TPSA) is 17.3 Å². The monoisotopic (exact) mass is 188 g/mol. The highest BCUT2D eigenvalue weighted by Gasteiger charge is 2.07. The van der Waals surface area contributed by atoms with Gasteiger partial charge in [0.05, 0.1) is 5.69 Å². The van der Waals surface area contributed by atoms with Gasteiger partial charge in [-0.05, 0) is 30.9 Å². The van der Waals surface area contributed by atoms with E-state index in [0.29, 0.717) is 5.92 Å². The molecular weight excluding hydrogens is 172 g/mol. The van der Waals surface area contributed by atoms with E-state index in [4.69, 9.17) is 0 Å². The van der Waals surface area contributed by atoms with Crippen LogP contribution in [-0.4, -0.2) is 9.38 Å². The molecule has 0 bridgehead atoms. The Morgan fingerprint density at radius 3 is 2.57 bits per heavy atom. The van der Waals surface area contributed by atoms with Gasteiger partial charge in [0.25, 0.3) is 0 Å². The first-order valence-corrected chi connectivity index (χ1v) is 5.04. The molecule has 2 aromatic heterocycles. The third kappa shape index (κ3) is 1.41. The normalized spacial score (nSPS) is 11.5. The van der Waals surface area contributed by atoms with Crippen LogP contribution in [0, 0.1) is 13.8 Å². The highest BCUT2D eigenvalue weighted by molar-refractivity contribution is 5.49. The maximum absolute atomic E-state index is 4.62. The van der Waals surface area contributed by atoms with E-state index in [1.54, 1.807) is 0 Å².